The first kappa shape index (κ1) is 31.6. The summed E-state index contributed by atoms with van der Waals surface area (Å²) >= 11 is 0. The zero-order chi connectivity index (χ0) is 31.0. The number of alkyl halides is 4. The molecule has 230 valence electrons. The zero-order valence-corrected chi connectivity index (χ0v) is 24.4. The van der Waals surface area contributed by atoms with E-state index in [-0.39, 0.29) is 35.2 Å². The Labute approximate surface area is 240 Å². The average Bonchev–Trinajstić information content (AvgIpc) is 2.87. The molecule has 1 unspecified atom stereocenters. The molecule has 0 bridgehead atoms. The molecule has 0 spiro atoms. The van der Waals surface area contributed by atoms with Crippen LogP contribution in [0.5, 0.6) is 0 Å². The van der Waals surface area contributed by atoms with Gasteiger partial charge in [-0.05, 0) is 64.5 Å². The quantitative estimate of drug-likeness (QED) is 0.322. The molecule has 2 aromatic heterocycles. The molecule has 0 saturated heterocycles. The second-order valence-corrected chi connectivity index (χ2v) is 12.8. The maximum Gasteiger partial charge on any atom is 0.390 e. The van der Waals surface area contributed by atoms with E-state index in [2.05, 4.69) is 15.3 Å². The summed E-state index contributed by atoms with van der Waals surface area (Å²) in [5.41, 5.74) is -0.492. The molecular formula is C27H33F5N6O3S. The zero-order valence-electron chi connectivity index (χ0n) is 23.5. The Morgan fingerprint density at radius 3 is 2.48 bits per heavy atom. The third-order valence-electron chi connectivity index (χ3n) is 7.22. The van der Waals surface area contributed by atoms with E-state index in [4.69, 9.17) is 0 Å². The average molecular weight is 617 g/mol. The molecule has 15 heteroatoms. The first-order valence-corrected chi connectivity index (χ1v) is 15.1. The first-order chi connectivity index (χ1) is 19.5. The van der Waals surface area contributed by atoms with Crippen molar-refractivity contribution in [1.82, 2.24) is 19.4 Å². The van der Waals surface area contributed by atoms with Crippen molar-refractivity contribution >= 4 is 32.7 Å². The third-order valence-corrected chi connectivity index (χ3v) is 8.50. The predicted octanol–water partition coefficient (Wildman–Crippen LogP) is 5.11. The van der Waals surface area contributed by atoms with E-state index < -0.39 is 51.6 Å². The summed E-state index contributed by atoms with van der Waals surface area (Å²) in [6.45, 7) is 3.55. The molecular weight excluding hydrogens is 583 g/mol. The Balaban J connectivity index is 1.62. The van der Waals surface area contributed by atoms with E-state index in [0.717, 1.165) is 18.6 Å². The largest absolute Gasteiger partial charge is 0.390 e. The van der Waals surface area contributed by atoms with Crippen LogP contribution in [0, 0.1) is 5.82 Å². The number of hydrogen-bond acceptors (Lipinski definition) is 7. The minimum Gasteiger partial charge on any atom is -0.351 e. The van der Waals surface area contributed by atoms with E-state index in [1.54, 1.807) is 13.8 Å². The molecule has 1 aliphatic carbocycles. The number of nitrogens with one attached hydrogen (secondary N) is 2. The first-order valence-electron chi connectivity index (χ1n) is 13.4. The van der Waals surface area contributed by atoms with Crippen molar-refractivity contribution in [1.29, 1.82) is 0 Å². The van der Waals surface area contributed by atoms with Gasteiger partial charge in [0, 0.05) is 41.7 Å². The van der Waals surface area contributed by atoms with E-state index in [1.807, 2.05) is 23.7 Å². The van der Waals surface area contributed by atoms with Gasteiger partial charge in [0.1, 0.15) is 17.6 Å². The number of sulfonamides is 1. The lowest BCUT2D eigenvalue weighted by Crippen LogP contribution is -2.44. The van der Waals surface area contributed by atoms with Gasteiger partial charge < -0.3 is 10.2 Å². The van der Waals surface area contributed by atoms with Gasteiger partial charge in [0.25, 0.3) is 5.56 Å². The Kier molecular flexibility index (Phi) is 9.11. The van der Waals surface area contributed by atoms with Gasteiger partial charge in [0.2, 0.25) is 16.0 Å². The lowest BCUT2D eigenvalue weighted by molar-refractivity contribution is -0.129. The smallest absolute Gasteiger partial charge is 0.351 e. The number of anilines is 2. The summed E-state index contributed by atoms with van der Waals surface area (Å²) in [5, 5.41) is 3.65. The number of hydrogen-bond donors (Lipinski definition) is 2. The monoisotopic (exact) mass is 616 g/mol. The molecule has 2 heterocycles. The third kappa shape index (κ3) is 7.35. The lowest BCUT2D eigenvalue weighted by Gasteiger charge is -2.35. The SMILES string of the molecule is CC(C)n1c(=O)c(-c2ccc(NS(=O)(=O)CCC(F)(F)F)c(F)c2)cc2cnc(N[C@@H]3CCC(N(C)C)[C@H](F)C3)nc21. The minimum absolute atomic E-state index is 0.0909. The molecule has 0 amide bonds. The summed E-state index contributed by atoms with van der Waals surface area (Å²) < 4.78 is 94.2. The van der Waals surface area contributed by atoms with Crippen molar-refractivity contribution in [3.8, 4) is 11.1 Å². The van der Waals surface area contributed by atoms with Crippen LogP contribution in [-0.2, 0) is 10.0 Å². The normalized spacial score (nSPS) is 19.9. The molecule has 4 rings (SSSR count). The maximum absolute atomic E-state index is 14.9. The number of nitrogens with zero attached hydrogens (tertiary/aromatic N) is 4. The van der Waals surface area contributed by atoms with Crippen LogP contribution in [0.4, 0.5) is 33.6 Å². The minimum atomic E-state index is -4.69. The van der Waals surface area contributed by atoms with Gasteiger partial charge >= 0.3 is 6.18 Å². The van der Waals surface area contributed by atoms with Crippen LogP contribution in [0.15, 0.2) is 35.3 Å². The fourth-order valence-corrected chi connectivity index (χ4v) is 6.21. The fourth-order valence-electron chi connectivity index (χ4n) is 5.10. The van der Waals surface area contributed by atoms with Gasteiger partial charge in [-0.25, -0.2) is 22.2 Å². The van der Waals surface area contributed by atoms with Gasteiger partial charge in [-0.15, -0.1) is 0 Å². The standard InChI is InChI=1S/C27H33F5N6O3S/c1-15(2)38-24-17(14-33-26(35-24)34-18-6-8-23(37(3)4)21(29)13-18)11-19(25(38)39)16-5-7-22(20(28)12-16)36-42(40,41)10-9-27(30,31)32/h5,7,11-12,14-15,18,21,23,36H,6,8-10,13H2,1-4H3,(H,33,34,35)/t18-,21-,23?/m1/s1. The molecule has 2 N–H and O–H groups in total. The van der Waals surface area contributed by atoms with Gasteiger partial charge in [-0.3, -0.25) is 14.1 Å². The van der Waals surface area contributed by atoms with Crippen LogP contribution in [0.1, 0.15) is 45.6 Å². The number of fused-ring (bicyclic) bond motifs is 1. The summed E-state index contributed by atoms with van der Waals surface area (Å²) in [6.07, 6.45) is -4.09. The van der Waals surface area contributed by atoms with Gasteiger partial charge in [-0.2, -0.15) is 18.2 Å². The summed E-state index contributed by atoms with van der Waals surface area (Å²) in [5.74, 6) is -2.08. The van der Waals surface area contributed by atoms with E-state index in [9.17, 15) is 35.2 Å². The molecule has 0 radical (unpaired) electrons. The van der Waals surface area contributed by atoms with Crippen LogP contribution < -0.4 is 15.6 Å². The van der Waals surface area contributed by atoms with Gasteiger partial charge in [0.05, 0.1) is 17.9 Å². The summed E-state index contributed by atoms with van der Waals surface area (Å²) in [7, 11) is -0.767. The van der Waals surface area contributed by atoms with Gasteiger partial charge in [-0.1, -0.05) is 6.07 Å². The van der Waals surface area contributed by atoms with Crippen LogP contribution in [0.25, 0.3) is 22.2 Å². The highest BCUT2D eigenvalue weighted by atomic mass is 32.2. The molecule has 1 aromatic carbocycles. The van der Waals surface area contributed by atoms with Crippen LogP contribution >= 0.6 is 0 Å². The molecule has 3 atom stereocenters. The topological polar surface area (TPSA) is 109 Å². The summed E-state index contributed by atoms with van der Waals surface area (Å²) in [4.78, 5) is 24.3. The number of aromatic nitrogens is 3. The fraction of sp³-hybridized carbons (Fsp3) is 0.519. The van der Waals surface area contributed by atoms with E-state index >= 15 is 0 Å². The van der Waals surface area contributed by atoms with Crippen molar-refractivity contribution in [3.63, 3.8) is 0 Å². The highest BCUT2D eigenvalue weighted by molar-refractivity contribution is 7.92. The predicted molar refractivity (Wildman–Crippen MR) is 151 cm³/mol. The molecule has 1 saturated carbocycles. The van der Waals surface area contributed by atoms with Crippen molar-refractivity contribution in [2.75, 3.05) is 29.9 Å². The number of rotatable bonds is 9. The number of halogens is 5. The van der Waals surface area contributed by atoms with E-state index in [1.165, 1.54) is 22.9 Å². The summed E-state index contributed by atoms with van der Waals surface area (Å²) in [6, 6.07) is 4.07. The van der Waals surface area contributed by atoms with Crippen molar-refractivity contribution in [2.45, 2.75) is 70.0 Å². The van der Waals surface area contributed by atoms with Crippen molar-refractivity contribution < 1.29 is 30.4 Å². The molecule has 1 fully saturated rings. The van der Waals surface area contributed by atoms with Crippen molar-refractivity contribution in [3.05, 3.63) is 46.6 Å². The second kappa shape index (κ2) is 12.1. The Hall–Kier alpha value is -3.33. The Morgan fingerprint density at radius 2 is 1.88 bits per heavy atom. The van der Waals surface area contributed by atoms with E-state index in [0.29, 0.717) is 23.9 Å². The molecule has 0 aliphatic heterocycles. The molecule has 9 nitrogen and oxygen atoms in total. The Bertz CT molecular complexity index is 1610. The highest BCUT2D eigenvalue weighted by Gasteiger charge is 2.32. The Morgan fingerprint density at radius 1 is 1.17 bits per heavy atom. The maximum atomic E-state index is 14.9. The van der Waals surface area contributed by atoms with Crippen LogP contribution in [0.2, 0.25) is 0 Å². The highest BCUT2D eigenvalue weighted by Crippen LogP contribution is 2.29. The van der Waals surface area contributed by atoms with Gasteiger partial charge in [0.15, 0.2) is 0 Å². The van der Waals surface area contributed by atoms with Crippen LogP contribution in [-0.4, -0.2) is 72.1 Å². The van der Waals surface area contributed by atoms with Crippen LogP contribution in [0.3, 0.4) is 0 Å². The molecule has 1 aliphatic rings. The lowest BCUT2D eigenvalue weighted by atomic mass is 9.89. The second-order valence-electron chi connectivity index (χ2n) is 11.0. The number of pyridine rings is 1. The molecule has 3 aromatic rings. The molecule has 42 heavy (non-hydrogen) atoms. The number of benzene rings is 1. The van der Waals surface area contributed by atoms with Crippen molar-refractivity contribution in [2.24, 2.45) is 0 Å².